The van der Waals surface area contributed by atoms with Crippen LogP contribution < -0.4 is 0 Å². The Bertz CT molecular complexity index is 1320. The van der Waals surface area contributed by atoms with Crippen molar-refractivity contribution < 1.29 is 61.6 Å². The number of hydrogen-bond donors (Lipinski definition) is 4. The van der Waals surface area contributed by atoms with Gasteiger partial charge in [0, 0.05) is 12.8 Å². The van der Waals surface area contributed by atoms with E-state index in [1.54, 1.807) is 0 Å². The highest BCUT2D eigenvalue weighted by Gasteiger charge is 2.28. The van der Waals surface area contributed by atoms with Gasteiger partial charge in [0.2, 0.25) is 0 Å². The molecule has 3 atom stereocenters. The van der Waals surface area contributed by atoms with Crippen molar-refractivity contribution >= 4 is 27.6 Å². The van der Waals surface area contributed by atoms with Gasteiger partial charge in [-0.3, -0.25) is 23.2 Å². The van der Waals surface area contributed by atoms with Crippen molar-refractivity contribution in [2.24, 2.45) is 0 Å². The summed E-state index contributed by atoms with van der Waals surface area (Å²) in [5.41, 5.74) is 0. The average molecular weight is 875 g/mol. The Morgan fingerprint density at radius 2 is 0.932 bits per heavy atom. The van der Waals surface area contributed by atoms with E-state index in [0.29, 0.717) is 19.3 Å². The Balaban J connectivity index is 4.63. The van der Waals surface area contributed by atoms with Gasteiger partial charge < -0.3 is 29.3 Å². The summed E-state index contributed by atoms with van der Waals surface area (Å²) in [6.07, 6.45) is 43.4. The number of allylic oxidation sites excluding steroid dienone is 12. The van der Waals surface area contributed by atoms with Gasteiger partial charge in [-0.25, -0.2) is 9.13 Å². The van der Waals surface area contributed by atoms with Crippen LogP contribution in [-0.2, 0) is 41.8 Å². The molecule has 0 aliphatic carbocycles. The zero-order valence-electron chi connectivity index (χ0n) is 35.8. The second-order valence-electron chi connectivity index (χ2n) is 14.2. The van der Waals surface area contributed by atoms with Gasteiger partial charge in [-0.2, -0.15) is 0 Å². The van der Waals surface area contributed by atoms with E-state index in [1.165, 1.54) is 57.8 Å². The Morgan fingerprint density at radius 1 is 0.508 bits per heavy atom. The first-order valence-corrected chi connectivity index (χ1v) is 24.7. The molecule has 0 saturated heterocycles. The minimum atomic E-state index is -4.87. The maximum atomic E-state index is 12.6. The number of phosphoric ester groups is 2. The topological polar surface area (TPSA) is 195 Å². The first-order chi connectivity index (χ1) is 28.4. The molecular formula is C44H76O13P2. The maximum Gasteiger partial charge on any atom is 0.472 e. The minimum absolute atomic E-state index is 0.0683. The van der Waals surface area contributed by atoms with E-state index in [2.05, 4.69) is 77.6 Å². The second kappa shape index (κ2) is 39.7. The molecule has 15 heteroatoms. The molecule has 0 aliphatic heterocycles. The number of esters is 2. The van der Waals surface area contributed by atoms with Crippen LogP contribution in [0.3, 0.4) is 0 Å². The molecular weight excluding hydrogens is 798 g/mol. The molecule has 59 heavy (non-hydrogen) atoms. The second-order valence-corrected chi connectivity index (χ2v) is 16.9. The molecule has 0 aromatic rings. The minimum Gasteiger partial charge on any atom is -0.462 e. The van der Waals surface area contributed by atoms with Crippen LogP contribution in [0.5, 0.6) is 0 Å². The number of aliphatic hydroxyl groups is 1. The smallest absolute Gasteiger partial charge is 0.462 e. The van der Waals surface area contributed by atoms with Gasteiger partial charge in [0.1, 0.15) is 12.7 Å². The maximum absolute atomic E-state index is 12.6. The molecule has 0 bridgehead atoms. The molecule has 340 valence electrons. The van der Waals surface area contributed by atoms with Crippen molar-refractivity contribution in [2.75, 3.05) is 26.4 Å². The Labute approximate surface area is 354 Å². The lowest BCUT2D eigenvalue weighted by Gasteiger charge is -2.20. The molecule has 0 heterocycles. The quantitative estimate of drug-likeness (QED) is 0.0197. The van der Waals surface area contributed by atoms with Crippen LogP contribution in [0.4, 0.5) is 0 Å². The van der Waals surface area contributed by atoms with Crippen molar-refractivity contribution in [3.8, 4) is 0 Å². The van der Waals surface area contributed by atoms with E-state index < -0.39 is 66.2 Å². The van der Waals surface area contributed by atoms with Gasteiger partial charge in [0.15, 0.2) is 6.10 Å². The van der Waals surface area contributed by atoms with E-state index in [-0.39, 0.29) is 12.8 Å². The largest absolute Gasteiger partial charge is 0.472 e. The molecule has 1 unspecified atom stereocenters. The Morgan fingerprint density at radius 3 is 1.41 bits per heavy atom. The summed E-state index contributed by atoms with van der Waals surface area (Å²) >= 11 is 0. The summed E-state index contributed by atoms with van der Waals surface area (Å²) in [4.78, 5) is 52.6. The van der Waals surface area contributed by atoms with Gasteiger partial charge in [-0.1, -0.05) is 164 Å². The van der Waals surface area contributed by atoms with E-state index in [0.717, 1.165) is 51.4 Å². The zero-order valence-corrected chi connectivity index (χ0v) is 37.6. The van der Waals surface area contributed by atoms with Crippen LogP contribution in [-0.4, -0.2) is 70.4 Å². The van der Waals surface area contributed by atoms with E-state index in [9.17, 15) is 28.7 Å². The molecule has 0 rings (SSSR count). The third-order valence-corrected chi connectivity index (χ3v) is 10.0. The van der Waals surface area contributed by atoms with Crippen LogP contribution >= 0.6 is 15.6 Å². The Kier molecular flexibility index (Phi) is 38.0. The van der Waals surface area contributed by atoms with Gasteiger partial charge >= 0.3 is 27.6 Å². The SMILES string of the molecule is CC/C=C\C/C=C\C/C=C\C/C=C\C/C=C\C/C=C\CCC(=O)OC[C@H](COP(=O)(O)OC[C@@H](O)COP(=O)(O)O)OC(=O)CCCCCCCCCCCCCCC. The lowest BCUT2D eigenvalue weighted by molar-refractivity contribution is -0.161. The number of aliphatic hydroxyl groups excluding tert-OH is 1. The van der Waals surface area contributed by atoms with Gasteiger partial charge in [0.25, 0.3) is 0 Å². The molecule has 0 aromatic heterocycles. The molecule has 0 aliphatic rings. The summed E-state index contributed by atoms with van der Waals surface area (Å²) in [5.74, 6) is -1.13. The third-order valence-electron chi connectivity index (χ3n) is 8.61. The van der Waals surface area contributed by atoms with Crippen molar-refractivity contribution in [1.29, 1.82) is 0 Å². The van der Waals surface area contributed by atoms with Crippen molar-refractivity contribution in [3.63, 3.8) is 0 Å². The fraction of sp³-hybridized carbons (Fsp3) is 0.682. The molecule has 0 spiro atoms. The molecule has 0 fully saturated rings. The summed E-state index contributed by atoms with van der Waals surface area (Å²) in [5, 5.41) is 9.74. The summed E-state index contributed by atoms with van der Waals surface area (Å²) < 4.78 is 47.7. The lowest BCUT2D eigenvalue weighted by atomic mass is 10.0. The van der Waals surface area contributed by atoms with Crippen molar-refractivity contribution in [3.05, 3.63) is 72.9 Å². The summed E-state index contributed by atoms with van der Waals surface area (Å²) in [7, 11) is -9.69. The molecule has 13 nitrogen and oxygen atoms in total. The highest BCUT2D eigenvalue weighted by atomic mass is 31.2. The number of carbonyl (C=O) groups excluding carboxylic acids is 2. The average Bonchev–Trinajstić information content (AvgIpc) is 3.19. The van der Waals surface area contributed by atoms with E-state index >= 15 is 0 Å². The normalized spacial score (nSPS) is 14.7. The highest BCUT2D eigenvalue weighted by Crippen LogP contribution is 2.43. The fourth-order valence-electron chi connectivity index (χ4n) is 5.37. The first kappa shape index (κ1) is 56.6. The molecule has 0 saturated carbocycles. The standard InChI is InChI=1S/C44H76O13P2/c1-3-5-7-9-11-13-15-17-18-19-20-21-22-24-25-27-29-31-33-35-43(46)53-39-42(40-56-59(51,52)55-38-41(45)37-54-58(48,49)50)57-44(47)36-34-32-30-28-26-23-16-14-12-10-8-6-4-2/h5,7,11,13,17-18,20-21,24-25,29,31,41-42,45H,3-4,6,8-10,12,14-16,19,22-23,26-28,30,32-40H2,1-2H3,(H,51,52)(H2,48,49,50)/b7-5-,13-11-,18-17-,21-20-,25-24-,31-29-/t41-,42+/m0/s1. The third kappa shape index (κ3) is 43.5. The number of carbonyl (C=O) groups is 2. The van der Waals surface area contributed by atoms with E-state index in [4.69, 9.17) is 23.8 Å². The van der Waals surface area contributed by atoms with E-state index in [1.807, 2.05) is 18.2 Å². The molecule has 0 aromatic carbocycles. The van der Waals surface area contributed by atoms with Crippen LogP contribution in [0.1, 0.15) is 155 Å². The van der Waals surface area contributed by atoms with Crippen molar-refractivity contribution in [1.82, 2.24) is 0 Å². The monoisotopic (exact) mass is 874 g/mol. The van der Waals surface area contributed by atoms with Gasteiger partial charge in [-0.15, -0.1) is 0 Å². The van der Waals surface area contributed by atoms with Crippen LogP contribution in [0.25, 0.3) is 0 Å². The number of hydrogen-bond acceptors (Lipinski definition) is 10. The Hall–Kier alpha value is -2.44. The molecule has 0 radical (unpaired) electrons. The van der Waals surface area contributed by atoms with Crippen LogP contribution in [0, 0.1) is 0 Å². The first-order valence-electron chi connectivity index (χ1n) is 21.6. The van der Waals surface area contributed by atoms with Crippen LogP contribution in [0.2, 0.25) is 0 Å². The fourth-order valence-corrected chi connectivity index (χ4v) is 6.53. The summed E-state index contributed by atoms with van der Waals surface area (Å²) in [6.45, 7) is 1.56. The van der Waals surface area contributed by atoms with Crippen molar-refractivity contribution in [2.45, 2.75) is 167 Å². The van der Waals surface area contributed by atoms with Crippen LogP contribution in [0.15, 0.2) is 72.9 Å². The molecule has 4 N–H and O–H groups in total. The number of phosphoric acid groups is 2. The number of unbranched alkanes of at least 4 members (excludes halogenated alkanes) is 12. The van der Waals surface area contributed by atoms with Gasteiger partial charge in [0.05, 0.1) is 19.8 Å². The van der Waals surface area contributed by atoms with Gasteiger partial charge in [-0.05, 0) is 51.4 Å². The molecule has 0 amide bonds. The predicted octanol–water partition coefficient (Wildman–Crippen LogP) is 11.0. The highest BCUT2D eigenvalue weighted by molar-refractivity contribution is 7.47. The predicted molar refractivity (Wildman–Crippen MR) is 234 cm³/mol. The lowest BCUT2D eigenvalue weighted by Crippen LogP contribution is -2.29. The zero-order chi connectivity index (χ0) is 43.7. The number of rotatable bonds is 40. The number of ether oxygens (including phenoxy) is 2. The summed E-state index contributed by atoms with van der Waals surface area (Å²) in [6, 6.07) is 0.